The van der Waals surface area contributed by atoms with Crippen LogP contribution in [0.3, 0.4) is 0 Å². The molecule has 0 saturated heterocycles. The van der Waals surface area contributed by atoms with E-state index in [4.69, 9.17) is 4.74 Å². The van der Waals surface area contributed by atoms with Crippen LogP contribution in [0.15, 0.2) is 24.8 Å². The molecule has 2 heteroatoms. The summed E-state index contributed by atoms with van der Waals surface area (Å²) in [6.45, 7) is 6.18. The molecule has 0 bridgehead atoms. The first-order valence-corrected chi connectivity index (χ1v) is 10.8. The summed E-state index contributed by atoms with van der Waals surface area (Å²) < 4.78 is 4.95. The van der Waals surface area contributed by atoms with Gasteiger partial charge in [-0.1, -0.05) is 89.9 Å². The molecule has 0 aromatic heterocycles. The van der Waals surface area contributed by atoms with Crippen LogP contribution in [0.2, 0.25) is 0 Å². The van der Waals surface area contributed by atoms with Gasteiger partial charge in [0.25, 0.3) is 0 Å². The highest BCUT2D eigenvalue weighted by molar-refractivity contribution is 5.81. The maximum atomic E-state index is 10.8. The number of allylic oxidation sites excluding steroid dienone is 2. The van der Waals surface area contributed by atoms with E-state index in [9.17, 15) is 4.79 Å². The number of carbonyl (C=O) groups excluding carboxylic acids is 1. The van der Waals surface area contributed by atoms with E-state index in [2.05, 4.69) is 25.7 Å². The Kier molecular flexibility index (Phi) is 20.1. The van der Waals surface area contributed by atoms with Gasteiger partial charge in [0, 0.05) is 6.08 Å². The van der Waals surface area contributed by atoms with Crippen molar-refractivity contribution in [1.29, 1.82) is 0 Å². The van der Waals surface area contributed by atoms with Gasteiger partial charge in [0.05, 0.1) is 6.61 Å². The van der Waals surface area contributed by atoms with Gasteiger partial charge in [0.1, 0.15) is 0 Å². The van der Waals surface area contributed by atoms with Crippen LogP contribution in [0.25, 0.3) is 0 Å². The van der Waals surface area contributed by atoms with E-state index in [1.54, 1.807) is 0 Å². The van der Waals surface area contributed by atoms with E-state index in [1.807, 2.05) is 0 Å². The van der Waals surface area contributed by atoms with Gasteiger partial charge in [0.15, 0.2) is 0 Å². The van der Waals surface area contributed by atoms with Gasteiger partial charge in [-0.2, -0.15) is 0 Å². The molecule has 0 saturated carbocycles. The van der Waals surface area contributed by atoms with Gasteiger partial charge in [0.2, 0.25) is 0 Å². The van der Waals surface area contributed by atoms with Crippen LogP contribution in [-0.2, 0) is 9.53 Å². The predicted octanol–water partition coefficient (Wildman–Crippen LogP) is 7.53. The molecule has 0 heterocycles. The molecule has 0 amide bonds. The molecule has 0 aromatic carbocycles. The molecule has 2 nitrogen and oxygen atoms in total. The highest BCUT2D eigenvalue weighted by atomic mass is 16.5. The average Bonchev–Trinajstić information content (AvgIpc) is 2.63. The molecular weight excluding hydrogens is 308 g/mol. The van der Waals surface area contributed by atoms with Crippen LogP contribution < -0.4 is 0 Å². The SMILES string of the molecule is C=CC(=O)OCCCCC/C=C/CCCCCCCCCCCCC. The van der Waals surface area contributed by atoms with E-state index in [1.165, 1.54) is 89.5 Å². The molecule has 0 radical (unpaired) electrons. The number of ether oxygens (including phenoxy) is 1. The Hall–Kier alpha value is -1.05. The van der Waals surface area contributed by atoms with E-state index < -0.39 is 0 Å². The zero-order valence-electron chi connectivity index (χ0n) is 16.8. The monoisotopic (exact) mass is 350 g/mol. The largest absolute Gasteiger partial charge is 0.463 e. The van der Waals surface area contributed by atoms with Crippen LogP contribution in [0.1, 0.15) is 110 Å². The van der Waals surface area contributed by atoms with Gasteiger partial charge < -0.3 is 4.74 Å². The first-order chi connectivity index (χ1) is 12.3. The molecule has 0 aliphatic carbocycles. The number of carbonyl (C=O) groups is 1. The maximum Gasteiger partial charge on any atom is 0.330 e. The molecule has 25 heavy (non-hydrogen) atoms. The van der Waals surface area contributed by atoms with E-state index in [0.717, 1.165) is 19.3 Å². The Morgan fingerprint density at radius 3 is 1.64 bits per heavy atom. The fourth-order valence-corrected chi connectivity index (χ4v) is 2.93. The van der Waals surface area contributed by atoms with Crippen molar-refractivity contribution in [3.63, 3.8) is 0 Å². The average molecular weight is 351 g/mol. The summed E-state index contributed by atoms with van der Waals surface area (Å²) in [6.07, 6.45) is 27.0. The van der Waals surface area contributed by atoms with Crippen LogP contribution in [0.5, 0.6) is 0 Å². The Balaban J connectivity index is 3.11. The molecule has 146 valence electrons. The van der Waals surface area contributed by atoms with Crippen LogP contribution in [-0.4, -0.2) is 12.6 Å². The third-order valence-corrected chi connectivity index (χ3v) is 4.57. The Morgan fingerprint density at radius 2 is 1.16 bits per heavy atom. The summed E-state index contributed by atoms with van der Waals surface area (Å²) in [5.74, 6) is -0.313. The molecule has 0 spiro atoms. The number of rotatable bonds is 19. The van der Waals surface area contributed by atoms with Gasteiger partial charge >= 0.3 is 5.97 Å². The van der Waals surface area contributed by atoms with E-state index >= 15 is 0 Å². The third kappa shape index (κ3) is 20.9. The quantitative estimate of drug-likeness (QED) is 0.104. The second kappa shape index (κ2) is 21.0. The summed E-state index contributed by atoms with van der Waals surface area (Å²) in [5, 5.41) is 0. The second-order valence-corrected chi connectivity index (χ2v) is 7.02. The van der Waals surface area contributed by atoms with Crippen molar-refractivity contribution in [3.8, 4) is 0 Å². The standard InChI is InChI=1S/C23H42O2/c1-3-5-6-7-8-9-10-11-12-13-14-15-16-17-18-19-20-21-22-25-23(24)4-2/h4,16-17H,2-3,5-15,18-22H2,1H3/b17-16+. The number of unbranched alkanes of at least 4 members (excludes halogenated alkanes) is 14. The topological polar surface area (TPSA) is 26.3 Å². The van der Waals surface area contributed by atoms with Crippen LogP contribution in [0, 0.1) is 0 Å². The fraction of sp³-hybridized carbons (Fsp3) is 0.783. The Morgan fingerprint density at radius 1 is 0.720 bits per heavy atom. The van der Waals surface area contributed by atoms with Crippen molar-refractivity contribution in [2.75, 3.05) is 6.61 Å². The zero-order chi connectivity index (χ0) is 18.4. The van der Waals surface area contributed by atoms with Gasteiger partial charge in [-0.15, -0.1) is 0 Å². The van der Waals surface area contributed by atoms with E-state index in [0.29, 0.717) is 6.61 Å². The smallest absolute Gasteiger partial charge is 0.330 e. The molecular formula is C23H42O2. The Labute approximate surface area is 157 Å². The fourth-order valence-electron chi connectivity index (χ4n) is 2.93. The summed E-state index contributed by atoms with van der Waals surface area (Å²) in [5.41, 5.74) is 0. The van der Waals surface area contributed by atoms with Crippen molar-refractivity contribution in [3.05, 3.63) is 24.8 Å². The minimum Gasteiger partial charge on any atom is -0.463 e. The first kappa shape index (κ1) is 23.9. The third-order valence-electron chi connectivity index (χ3n) is 4.57. The number of hydrogen-bond acceptors (Lipinski definition) is 2. The molecule has 0 rings (SSSR count). The first-order valence-electron chi connectivity index (χ1n) is 10.8. The van der Waals surface area contributed by atoms with Crippen molar-refractivity contribution >= 4 is 5.97 Å². The number of hydrogen-bond donors (Lipinski definition) is 0. The van der Waals surface area contributed by atoms with Crippen LogP contribution >= 0.6 is 0 Å². The minimum atomic E-state index is -0.313. The lowest BCUT2D eigenvalue weighted by molar-refractivity contribution is -0.137. The highest BCUT2D eigenvalue weighted by Crippen LogP contribution is 2.12. The van der Waals surface area contributed by atoms with Crippen LogP contribution in [0.4, 0.5) is 0 Å². The summed E-state index contributed by atoms with van der Waals surface area (Å²) in [4.78, 5) is 10.8. The highest BCUT2D eigenvalue weighted by Gasteiger charge is 1.95. The molecule has 0 atom stereocenters. The van der Waals surface area contributed by atoms with Crippen molar-refractivity contribution in [2.45, 2.75) is 110 Å². The van der Waals surface area contributed by atoms with E-state index in [-0.39, 0.29) is 5.97 Å². The number of esters is 1. The van der Waals surface area contributed by atoms with Gasteiger partial charge in [-0.05, 0) is 38.5 Å². The lowest BCUT2D eigenvalue weighted by Gasteiger charge is -2.02. The zero-order valence-corrected chi connectivity index (χ0v) is 16.8. The van der Waals surface area contributed by atoms with Crippen molar-refractivity contribution in [2.24, 2.45) is 0 Å². The maximum absolute atomic E-state index is 10.8. The normalized spacial score (nSPS) is 11.1. The lowest BCUT2D eigenvalue weighted by atomic mass is 10.1. The Bertz CT molecular complexity index is 320. The summed E-state index contributed by atoms with van der Waals surface area (Å²) in [7, 11) is 0. The van der Waals surface area contributed by atoms with Gasteiger partial charge in [-0.25, -0.2) is 4.79 Å². The molecule has 0 fully saturated rings. The molecule has 0 unspecified atom stereocenters. The molecule has 0 aromatic rings. The molecule has 0 aliphatic rings. The summed E-state index contributed by atoms with van der Waals surface area (Å²) >= 11 is 0. The predicted molar refractivity (Wildman–Crippen MR) is 110 cm³/mol. The molecule has 0 aliphatic heterocycles. The van der Waals surface area contributed by atoms with Gasteiger partial charge in [-0.3, -0.25) is 0 Å². The van der Waals surface area contributed by atoms with Crippen molar-refractivity contribution < 1.29 is 9.53 Å². The van der Waals surface area contributed by atoms with Crippen molar-refractivity contribution in [1.82, 2.24) is 0 Å². The minimum absolute atomic E-state index is 0.313. The summed E-state index contributed by atoms with van der Waals surface area (Å²) in [6, 6.07) is 0. The second-order valence-electron chi connectivity index (χ2n) is 7.02. The lowest BCUT2D eigenvalue weighted by Crippen LogP contribution is -2.01. The molecule has 0 N–H and O–H groups in total.